The van der Waals surface area contributed by atoms with Crippen molar-refractivity contribution >= 4 is 46.9 Å². The third-order valence-electron chi connectivity index (χ3n) is 7.97. The van der Waals surface area contributed by atoms with E-state index in [1.54, 1.807) is 48.5 Å². The summed E-state index contributed by atoms with van der Waals surface area (Å²) in [7, 11) is 0. The lowest BCUT2D eigenvalue weighted by Crippen LogP contribution is -2.31. The summed E-state index contributed by atoms with van der Waals surface area (Å²) < 4.78 is 11.4. The molecule has 2 aliphatic carbocycles. The summed E-state index contributed by atoms with van der Waals surface area (Å²) in [6, 6.07) is 25.8. The minimum Gasteiger partial charge on any atom is -0.458 e. The number of benzene rings is 3. The van der Waals surface area contributed by atoms with Crippen molar-refractivity contribution in [2.45, 2.75) is 87.8 Å². The Balaban J connectivity index is 0.00000256. The maximum atomic E-state index is 13.7. The smallest absolute Gasteiger partial charge is 0.338 e. The topological polar surface area (TPSA) is 145 Å². The van der Waals surface area contributed by atoms with Crippen LogP contribution in [0.25, 0.3) is 5.57 Å². The van der Waals surface area contributed by atoms with E-state index in [1.807, 2.05) is 57.0 Å². The van der Waals surface area contributed by atoms with Crippen LogP contribution in [-0.4, -0.2) is 52.1 Å². The predicted octanol–water partition coefficient (Wildman–Crippen LogP) is 8.32. The van der Waals surface area contributed by atoms with E-state index in [2.05, 4.69) is 35.7 Å². The number of amides is 1. The van der Waals surface area contributed by atoms with Gasteiger partial charge in [-0.2, -0.15) is 0 Å². The molecule has 5 N–H and O–H groups in total. The number of thioether (sulfide) groups is 2. The van der Waals surface area contributed by atoms with Crippen LogP contribution in [0.3, 0.4) is 0 Å². The van der Waals surface area contributed by atoms with Gasteiger partial charge in [0.05, 0.1) is 16.5 Å². The quantitative estimate of drug-likeness (QED) is 0.100. The van der Waals surface area contributed by atoms with Gasteiger partial charge in [-0.15, -0.1) is 23.5 Å². The summed E-state index contributed by atoms with van der Waals surface area (Å²) in [5, 5.41) is 5.47. The number of ether oxygens (including phenoxy) is 2. The van der Waals surface area contributed by atoms with E-state index in [0.29, 0.717) is 28.2 Å². The first-order chi connectivity index (χ1) is 23.4. The van der Waals surface area contributed by atoms with Gasteiger partial charge in [0.2, 0.25) is 0 Å². The lowest BCUT2D eigenvalue weighted by molar-refractivity contribution is -0.115. The van der Waals surface area contributed by atoms with Crippen molar-refractivity contribution in [2.75, 3.05) is 6.61 Å². The minimum atomic E-state index is -0.805. The Bertz CT molecular complexity index is 1540. The predicted molar refractivity (Wildman–Crippen MR) is 207 cm³/mol. The normalized spacial score (nSPS) is 15.6. The van der Waals surface area contributed by atoms with Crippen LogP contribution in [0.4, 0.5) is 0 Å². The molecule has 2 aliphatic rings. The molecule has 50 heavy (non-hydrogen) atoms. The van der Waals surface area contributed by atoms with Crippen LogP contribution in [0.2, 0.25) is 0 Å². The molecular formula is C40H53NO7S2. The van der Waals surface area contributed by atoms with Crippen molar-refractivity contribution in [3.63, 3.8) is 0 Å². The van der Waals surface area contributed by atoms with Gasteiger partial charge in [-0.3, -0.25) is 4.79 Å². The fraction of sp³-hybridized carbons (Fsp3) is 0.375. The number of hydrogen-bond donors (Lipinski definition) is 1. The highest BCUT2D eigenvalue weighted by Crippen LogP contribution is 2.39. The number of nitrogens with one attached hydrogen (secondary N) is 1. The lowest BCUT2D eigenvalue weighted by atomic mass is 9.98. The molecule has 0 radical (unpaired) electrons. The molecule has 0 aliphatic heterocycles. The molecule has 1 unspecified atom stereocenters. The largest absolute Gasteiger partial charge is 0.458 e. The zero-order valence-corrected chi connectivity index (χ0v) is 31.0. The van der Waals surface area contributed by atoms with Gasteiger partial charge in [0.15, 0.2) is 6.10 Å². The van der Waals surface area contributed by atoms with Gasteiger partial charge in [0.1, 0.15) is 6.61 Å². The fourth-order valence-corrected chi connectivity index (χ4v) is 6.97. The standard InChI is InChI=1S/C38H41NO5S2.C2H6.2H2O.H2/c1-26(35(44-38(42)31-15-7-4-8-16-31)24-43-37(41)30-13-5-3-6-14-30)25-45-27(2)39-36(40)34(23-28-11-9-10-12-28)29-17-19-32(20-18-29)46-33-21-22-33;1-2;;;/h3-8,13-20,23,25,27-28,33,35H,9-12,21-22,24H2,1-2H3,(H,39,40);1-2H3;2*1H2;1H/b26-25+,34-23+;;;;/t27?,35-;;;;/m1..../s1. The highest BCUT2D eigenvalue weighted by Gasteiger charge is 2.24. The molecule has 3 aromatic rings. The van der Waals surface area contributed by atoms with Crippen LogP contribution in [0, 0.1) is 5.92 Å². The lowest BCUT2D eigenvalue weighted by Gasteiger charge is -2.20. The minimum absolute atomic E-state index is 0. The fourth-order valence-electron chi connectivity index (χ4n) is 5.17. The van der Waals surface area contributed by atoms with Gasteiger partial charge >= 0.3 is 11.9 Å². The van der Waals surface area contributed by atoms with Gasteiger partial charge < -0.3 is 25.7 Å². The molecule has 2 atom stereocenters. The van der Waals surface area contributed by atoms with E-state index in [9.17, 15) is 14.4 Å². The summed E-state index contributed by atoms with van der Waals surface area (Å²) >= 11 is 3.32. The molecular weight excluding hydrogens is 671 g/mol. The van der Waals surface area contributed by atoms with E-state index in [0.717, 1.165) is 23.7 Å². The summed E-state index contributed by atoms with van der Waals surface area (Å²) in [4.78, 5) is 40.5. The molecule has 8 nitrogen and oxygen atoms in total. The first kappa shape index (κ1) is 42.3. The van der Waals surface area contributed by atoms with Crippen LogP contribution in [0.15, 0.2) is 107 Å². The SMILES string of the molecule is C/C(=C\SC(C)NC(=O)/C(=C/C1CCCC1)c1ccc(SC2CC2)cc1)[C@@H](COC(=O)c1ccccc1)OC(=O)c1ccccc1.CC.O.O.[HH]. The number of allylic oxidation sites excluding steroid dienone is 1. The van der Waals surface area contributed by atoms with Crippen LogP contribution in [-0.2, 0) is 14.3 Å². The van der Waals surface area contributed by atoms with Gasteiger partial charge in [-0.05, 0) is 98.4 Å². The molecule has 0 saturated heterocycles. The van der Waals surface area contributed by atoms with E-state index in [1.165, 1.54) is 42.3 Å². The summed E-state index contributed by atoms with van der Waals surface area (Å²) in [6.07, 6.45) is 8.51. The van der Waals surface area contributed by atoms with Crippen molar-refractivity contribution in [3.8, 4) is 0 Å². The number of carbonyl (C=O) groups is 3. The monoisotopic (exact) mass is 723 g/mol. The van der Waals surface area contributed by atoms with Crippen LogP contribution >= 0.6 is 23.5 Å². The highest BCUT2D eigenvalue weighted by atomic mass is 32.2. The molecule has 0 heterocycles. The maximum Gasteiger partial charge on any atom is 0.338 e. The Hall–Kier alpha value is -3.83. The second-order valence-corrected chi connectivity index (χ2v) is 14.4. The van der Waals surface area contributed by atoms with Gasteiger partial charge in [0.25, 0.3) is 5.91 Å². The van der Waals surface area contributed by atoms with E-state index in [-0.39, 0.29) is 30.3 Å². The van der Waals surface area contributed by atoms with Crippen molar-refractivity contribution in [1.82, 2.24) is 5.32 Å². The van der Waals surface area contributed by atoms with Crippen LogP contribution in [0.5, 0.6) is 0 Å². The Morgan fingerprint density at radius 3 is 1.94 bits per heavy atom. The number of rotatable bonds is 14. The number of esters is 2. The van der Waals surface area contributed by atoms with Gasteiger partial charge in [-0.1, -0.05) is 81.3 Å². The average molecular weight is 724 g/mol. The molecule has 5 rings (SSSR count). The second-order valence-electron chi connectivity index (χ2n) is 11.8. The zero-order chi connectivity index (χ0) is 34.3. The Kier molecular flexibility index (Phi) is 18.7. The Morgan fingerprint density at radius 1 is 0.820 bits per heavy atom. The van der Waals surface area contributed by atoms with Crippen LogP contribution < -0.4 is 5.32 Å². The zero-order valence-electron chi connectivity index (χ0n) is 29.4. The van der Waals surface area contributed by atoms with E-state index >= 15 is 0 Å². The summed E-state index contributed by atoms with van der Waals surface area (Å²) in [5.74, 6) is -0.707. The molecule has 0 bridgehead atoms. The third-order valence-corrected chi connectivity index (χ3v) is 10.4. The molecule has 0 aromatic heterocycles. The molecule has 272 valence electrons. The van der Waals surface area contributed by atoms with Crippen molar-refractivity contribution in [2.24, 2.45) is 5.92 Å². The maximum absolute atomic E-state index is 13.7. The van der Waals surface area contributed by atoms with Crippen molar-refractivity contribution in [3.05, 3.63) is 119 Å². The van der Waals surface area contributed by atoms with E-state index < -0.39 is 18.0 Å². The number of carbonyl (C=O) groups excluding carboxylic acids is 3. The van der Waals surface area contributed by atoms with Crippen molar-refractivity contribution in [1.29, 1.82) is 0 Å². The molecule has 10 heteroatoms. The first-order valence-electron chi connectivity index (χ1n) is 17.0. The summed E-state index contributed by atoms with van der Waals surface area (Å²) in [6.45, 7) is 7.61. The van der Waals surface area contributed by atoms with E-state index in [4.69, 9.17) is 9.47 Å². The highest BCUT2D eigenvalue weighted by molar-refractivity contribution is 8.02. The van der Waals surface area contributed by atoms with Crippen LogP contribution in [0.1, 0.15) is 93.9 Å². The Labute approximate surface area is 306 Å². The summed E-state index contributed by atoms with van der Waals surface area (Å²) in [5.41, 5.74) is 3.17. The van der Waals surface area contributed by atoms with Crippen molar-refractivity contribution < 1.29 is 36.2 Å². The first-order valence-corrected chi connectivity index (χ1v) is 18.8. The Morgan fingerprint density at radius 2 is 1.38 bits per heavy atom. The molecule has 1 amide bonds. The molecule has 0 spiro atoms. The number of hydrogen-bond acceptors (Lipinski definition) is 7. The second kappa shape index (κ2) is 22.1. The third kappa shape index (κ3) is 13.5. The van der Waals surface area contributed by atoms with Gasteiger partial charge in [-0.25, -0.2) is 9.59 Å². The average Bonchev–Trinajstić information content (AvgIpc) is 3.79. The van der Waals surface area contributed by atoms with Gasteiger partial charge in [0, 0.05) is 17.1 Å². The molecule has 2 saturated carbocycles. The molecule has 2 fully saturated rings. The molecule has 3 aromatic carbocycles.